The molecule has 0 aromatic heterocycles. The summed E-state index contributed by atoms with van der Waals surface area (Å²) in [6.45, 7) is 5.87. The number of hydrogen-bond acceptors (Lipinski definition) is 2. The van der Waals surface area contributed by atoms with E-state index in [2.05, 4.69) is 32.6 Å². The van der Waals surface area contributed by atoms with Crippen molar-refractivity contribution in [3.8, 4) is 0 Å². The van der Waals surface area contributed by atoms with Crippen molar-refractivity contribution in [2.24, 2.45) is 5.92 Å². The van der Waals surface area contributed by atoms with Crippen LogP contribution in [0, 0.1) is 5.92 Å². The molecule has 0 aliphatic rings. The molecule has 0 rings (SSSR count). The van der Waals surface area contributed by atoms with Crippen molar-refractivity contribution in [1.82, 2.24) is 10.1 Å². The summed E-state index contributed by atoms with van der Waals surface area (Å²) in [6, 6.07) is 0. The van der Waals surface area contributed by atoms with Crippen LogP contribution in [0.2, 0.25) is 0 Å². The van der Waals surface area contributed by atoms with Gasteiger partial charge in [0.1, 0.15) is 7.85 Å². The summed E-state index contributed by atoms with van der Waals surface area (Å²) in [7, 11) is 4.02. The molecule has 0 spiro atoms. The minimum absolute atomic E-state index is 0.128. The Bertz CT molecular complexity index is 183. The van der Waals surface area contributed by atoms with Crippen LogP contribution in [-0.2, 0) is 0 Å². The first-order chi connectivity index (χ1) is 6.54. The normalized spacial score (nSPS) is 14.8. The highest BCUT2D eigenvalue weighted by Gasteiger charge is 2.20. The van der Waals surface area contributed by atoms with Crippen LogP contribution in [-0.4, -0.2) is 45.0 Å². The Morgan fingerprint density at radius 1 is 1.64 bits per heavy atom. The Hall–Kier alpha value is -0.0901. The van der Waals surface area contributed by atoms with E-state index in [4.69, 9.17) is 0 Å². The van der Waals surface area contributed by atoms with Gasteiger partial charge in [0.2, 0.25) is 0 Å². The van der Waals surface area contributed by atoms with Gasteiger partial charge in [0.05, 0.1) is 0 Å². The zero-order valence-electron chi connectivity index (χ0n) is 9.58. The lowest BCUT2D eigenvalue weighted by Gasteiger charge is -2.31. The Labute approximate surface area is 94.2 Å². The van der Waals surface area contributed by atoms with E-state index in [0.29, 0.717) is 5.92 Å². The number of hydrogen-bond donors (Lipinski definition) is 2. The number of nitrogens with zero attached hydrogens (tertiary/aromatic N) is 1. The lowest BCUT2D eigenvalue weighted by molar-refractivity contribution is 0.205. The summed E-state index contributed by atoms with van der Waals surface area (Å²) >= 11 is 3.87. The van der Waals surface area contributed by atoms with E-state index < -0.39 is 0 Å². The number of thiol groups is 1. The maximum Gasteiger partial charge on any atom is 0.278 e. The van der Waals surface area contributed by atoms with Gasteiger partial charge in [-0.2, -0.15) is 0 Å². The molecule has 0 bridgehead atoms. The van der Waals surface area contributed by atoms with Crippen LogP contribution < -0.4 is 5.23 Å². The van der Waals surface area contributed by atoms with Gasteiger partial charge in [-0.15, -0.1) is 0 Å². The highest BCUT2D eigenvalue weighted by molar-refractivity contribution is 7.96. The number of carbonyl (C=O) groups excluding carboxylic acids is 1. The van der Waals surface area contributed by atoms with Crippen LogP contribution in [0.1, 0.15) is 20.3 Å². The van der Waals surface area contributed by atoms with Crippen molar-refractivity contribution >= 4 is 33.7 Å². The van der Waals surface area contributed by atoms with Crippen molar-refractivity contribution < 1.29 is 4.79 Å². The molecule has 2 unspecified atom stereocenters. The maximum absolute atomic E-state index is 11.2. The molecule has 14 heavy (non-hydrogen) atoms. The van der Waals surface area contributed by atoms with Gasteiger partial charge in [-0.1, -0.05) is 19.6 Å². The first-order valence-electron chi connectivity index (χ1n) is 5.18. The van der Waals surface area contributed by atoms with Gasteiger partial charge in [0, 0.05) is 12.5 Å². The average Bonchev–Trinajstić information content (AvgIpc) is 2.14. The lowest BCUT2D eigenvalue weighted by Crippen LogP contribution is -2.42. The highest BCUT2D eigenvalue weighted by Crippen LogP contribution is 2.13. The number of nitrogens with one attached hydrogen (secondary N) is 1. The Morgan fingerprint density at radius 3 is 2.57 bits per heavy atom. The smallest absolute Gasteiger partial charge is 0.278 e. The summed E-state index contributed by atoms with van der Waals surface area (Å²) in [4.78, 5) is 13.0. The standard InChI is InChI=1S/C8H20B2N2OS/c1-3-12(8(13)14)7(9)6(2)4-5-11-10/h6-7,11H,3-5,9-10H2,1-2H3,(H,13,14). The van der Waals surface area contributed by atoms with E-state index in [-0.39, 0.29) is 11.2 Å². The van der Waals surface area contributed by atoms with E-state index in [1.807, 2.05) is 14.9 Å². The first-order valence-corrected chi connectivity index (χ1v) is 5.63. The van der Waals surface area contributed by atoms with E-state index in [1.165, 1.54) is 0 Å². The second kappa shape index (κ2) is 7.23. The van der Waals surface area contributed by atoms with Crippen molar-refractivity contribution in [3.05, 3.63) is 0 Å². The topological polar surface area (TPSA) is 32.3 Å². The van der Waals surface area contributed by atoms with Crippen LogP contribution in [0.15, 0.2) is 0 Å². The molecule has 0 saturated carbocycles. The molecule has 0 heterocycles. The number of amides is 1. The Kier molecular flexibility index (Phi) is 7.19. The second-order valence-corrected chi connectivity index (χ2v) is 4.06. The predicted octanol–water partition coefficient (Wildman–Crippen LogP) is -0.519. The Balaban J connectivity index is 4.12. The minimum atomic E-state index is -0.128. The highest BCUT2D eigenvalue weighted by atomic mass is 32.1. The van der Waals surface area contributed by atoms with Gasteiger partial charge in [-0.3, -0.25) is 4.79 Å². The van der Waals surface area contributed by atoms with Crippen LogP contribution in [0.3, 0.4) is 0 Å². The zero-order valence-corrected chi connectivity index (χ0v) is 10.5. The SMILES string of the molecule is BNCCC(C)C(B)N(CC)C(=O)S. The maximum atomic E-state index is 11.2. The van der Waals surface area contributed by atoms with Crippen LogP contribution in [0.25, 0.3) is 0 Å². The Morgan fingerprint density at radius 2 is 2.21 bits per heavy atom. The van der Waals surface area contributed by atoms with E-state index in [0.717, 1.165) is 19.5 Å². The summed E-state index contributed by atoms with van der Waals surface area (Å²) in [5.41, 5.74) is 0. The summed E-state index contributed by atoms with van der Waals surface area (Å²) in [5, 5.41) is 2.99. The van der Waals surface area contributed by atoms with Crippen molar-refractivity contribution in [2.75, 3.05) is 13.1 Å². The molecular formula is C8H20B2N2OS. The van der Waals surface area contributed by atoms with E-state index in [1.54, 1.807) is 4.90 Å². The fraction of sp³-hybridized carbons (Fsp3) is 0.875. The third-order valence-corrected chi connectivity index (χ3v) is 3.01. The molecule has 0 aliphatic carbocycles. The van der Waals surface area contributed by atoms with E-state index >= 15 is 0 Å². The van der Waals surface area contributed by atoms with Gasteiger partial charge >= 0.3 is 0 Å². The van der Waals surface area contributed by atoms with Crippen LogP contribution in [0.4, 0.5) is 4.79 Å². The summed E-state index contributed by atoms with van der Waals surface area (Å²) < 4.78 is 0. The molecule has 80 valence electrons. The quantitative estimate of drug-likeness (QED) is 0.460. The van der Waals surface area contributed by atoms with Crippen molar-refractivity contribution in [2.45, 2.75) is 26.2 Å². The molecule has 0 saturated heterocycles. The zero-order chi connectivity index (χ0) is 11.1. The first kappa shape index (κ1) is 13.9. The van der Waals surface area contributed by atoms with E-state index in [9.17, 15) is 4.79 Å². The average molecular weight is 214 g/mol. The largest absolute Gasteiger partial charge is 0.362 e. The molecule has 6 heteroatoms. The van der Waals surface area contributed by atoms with Crippen LogP contribution >= 0.6 is 12.6 Å². The lowest BCUT2D eigenvalue weighted by atomic mass is 9.81. The molecule has 0 aromatic rings. The molecule has 1 amide bonds. The fourth-order valence-corrected chi connectivity index (χ4v) is 1.84. The van der Waals surface area contributed by atoms with Gasteiger partial charge in [-0.25, -0.2) is 0 Å². The molecule has 3 nitrogen and oxygen atoms in total. The molecule has 2 atom stereocenters. The van der Waals surface area contributed by atoms with Crippen LogP contribution in [0.5, 0.6) is 0 Å². The second-order valence-electron chi connectivity index (χ2n) is 3.68. The van der Waals surface area contributed by atoms with Gasteiger partial charge in [0.25, 0.3) is 5.24 Å². The molecule has 0 fully saturated rings. The molecule has 0 radical (unpaired) electrons. The van der Waals surface area contributed by atoms with Gasteiger partial charge in [-0.05, 0) is 25.8 Å². The van der Waals surface area contributed by atoms with Gasteiger partial charge in [0.15, 0.2) is 7.98 Å². The predicted molar refractivity (Wildman–Crippen MR) is 69.4 cm³/mol. The monoisotopic (exact) mass is 214 g/mol. The molecule has 0 aliphatic heterocycles. The van der Waals surface area contributed by atoms with Crippen molar-refractivity contribution in [3.63, 3.8) is 0 Å². The molecule has 0 aromatic carbocycles. The molecule has 1 N–H and O–H groups in total. The van der Waals surface area contributed by atoms with Crippen molar-refractivity contribution in [1.29, 1.82) is 0 Å². The molecular weight excluding hydrogens is 194 g/mol. The number of rotatable bonds is 6. The fourth-order valence-electron chi connectivity index (χ4n) is 1.52. The summed E-state index contributed by atoms with van der Waals surface area (Å²) in [5.74, 6) is 0.761. The summed E-state index contributed by atoms with van der Waals surface area (Å²) in [6.07, 6.45) is 1.08. The third kappa shape index (κ3) is 4.42. The number of carbonyl (C=O) groups is 1. The van der Waals surface area contributed by atoms with Gasteiger partial charge < -0.3 is 10.1 Å². The third-order valence-electron chi connectivity index (χ3n) is 2.75. The minimum Gasteiger partial charge on any atom is -0.362 e.